The van der Waals surface area contributed by atoms with E-state index >= 15 is 0 Å². The Kier molecular flexibility index (Phi) is 4.55. The van der Waals surface area contributed by atoms with Crippen LogP contribution in [0.1, 0.15) is 31.9 Å². The molecule has 0 aliphatic carbocycles. The van der Waals surface area contributed by atoms with Gasteiger partial charge in [0.2, 0.25) is 5.91 Å². The van der Waals surface area contributed by atoms with E-state index in [1.807, 2.05) is 32.0 Å². The third kappa shape index (κ3) is 3.45. The average Bonchev–Trinajstić information content (AvgIpc) is 2.59. The second-order valence-electron chi connectivity index (χ2n) is 7.33. The Morgan fingerprint density at radius 2 is 1.96 bits per heavy atom. The van der Waals surface area contributed by atoms with E-state index in [4.69, 9.17) is 10.5 Å². The van der Waals surface area contributed by atoms with E-state index in [1.165, 1.54) is 4.90 Å². The molecule has 1 aromatic carbocycles. The monoisotopic (exact) mass is 368 g/mol. The SMILES string of the molecule is Cc1ccc(C)c(NC(=O)C(C)N2C(=O)C(C)(C)Oc3ccc(N)nc32)c1. The Labute approximate surface area is 158 Å². The van der Waals surface area contributed by atoms with Gasteiger partial charge >= 0.3 is 0 Å². The van der Waals surface area contributed by atoms with Crippen molar-refractivity contribution in [3.8, 4) is 5.75 Å². The number of carbonyl (C=O) groups is 2. The summed E-state index contributed by atoms with van der Waals surface area (Å²) in [5, 5.41) is 2.91. The lowest BCUT2D eigenvalue weighted by molar-refractivity contribution is -0.134. The molecule has 0 radical (unpaired) electrons. The normalized spacial score (nSPS) is 16.3. The zero-order chi connectivity index (χ0) is 19.9. The molecule has 0 spiro atoms. The highest BCUT2D eigenvalue weighted by atomic mass is 16.5. The van der Waals surface area contributed by atoms with E-state index in [-0.39, 0.29) is 23.5 Å². The molecule has 2 aromatic rings. The van der Waals surface area contributed by atoms with Gasteiger partial charge < -0.3 is 15.8 Å². The smallest absolute Gasteiger partial charge is 0.272 e. The number of amides is 2. The van der Waals surface area contributed by atoms with E-state index in [0.29, 0.717) is 11.4 Å². The number of nitrogens with two attached hydrogens (primary N) is 1. The number of nitrogen functional groups attached to an aromatic ring is 1. The fraction of sp³-hybridized carbons (Fsp3) is 0.350. The molecule has 1 aromatic heterocycles. The van der Waals surface area contributed by atoms with Crippen molar-refractivity contribution >= 4 is 29.1 Å². The van der Waals surface area contributed by atoms with Crippen molar-refractivity contribution < 1.29 is 14.3 Å². The van der Waals surface area contributed by atoms with Gasteiger partial charge in [-0.05, 0) is 63.9 Å². The zero-order valence-corrected chi connectivity index (χ0v) is 16.2. The van der Waals surface area contributed by atoms with E-state index < -0.39 is 11.6 Å². The second kappa shape index (κ2) is 6.57. The van der Waals surface area contributed by atoms with Crippen LogP contribution in [0.5, 0.6) is 5.75 Å². The van der Waals surface area contributed by atoms with Crippen LogP contribution in [0.25, 0.3) is 0 Å². The Balaban J connectivity index is 1.96. The molecule has 142 valence electrons. The predicted molar refractivity (Wildman–Crippen MR) is 105 cm³/mol. The zero-order valence-electron chi connectivity index (χ0n) is 16.2. The molecule has 0 saturated heterocycles. The third-order valence-corrected chi connectivity index (χ3v) is 4.61. The Morgan fingerprint density at radius 3 is 2.67 bits per heavy atom. The molecule has 2 heterocycles. The van der Waals surface area contributed by atoms with Crippen molar-refractivity contribution in [2.45, 2.75) is 46.3 Å². The van der Waals surface area contributed by atoms with Crippen LogP contribution in [0, 0.1) is 13.8 Å². The lowest BCUT2D eigenvalue weighted by atomic mass is 10.0. The van der Waals surface area contributed by atoms with Gasteiger partial charge in [0.1, 0.15) is 11.9 Å². The Morgan fingerprint density at radius 1 is 1.26 bits per heavy atom. The number of hydrogen-bond acceptors (Lipinski definition) is 5. The molecule has 0 saturated carbocycles. The molecule has 3 N–H and O–H groups in total. The number of aryl methyl sites for hydroxylation is 2. The second-order valence-corrected chi connectivity index (χ2v) is 7.33. The first kappa shape index (κ1) is 18.7. The predicted octanol–water partition coefficient (Wildman–Crippen LogP) is 2.81. The number of carbonyl (C=O) groups excluding carboxylic acids is 2. The van der Waals surface area contributed by atoms with Gasteiger partial charge in [-0.25, -0.2) is 4.98 Å². The number of hydrogen-bond donors (Lipinski definition) is 2. The molecule has 1 aliphatic rings. The van der Waals surface area contributed by atoms with Gasteiger partial charge in [-0.15, -0.1) is 0 Å². The number of anilines is 3. The first-order valence-electron chi connectivity index (χ1n) is 8.77. The fourth-order valence-corrected chi connectivity index (χ4v) is 2.99. The highest BCUT2D eigenvalue weighted by Crippen LogP contribution is 2.38. The number of rotatable bonds is 3. The maximum atomic E-state index is 13.0. The minimum Gasteiger partial charge on any atom is -0.474 e. The maximum Gasteiger partial charge on any atom is 0.272 e. The summed E-state index contributed by atoms with van der Waals surface area (Å²) in [7, 11) is 0. The number of nitrogens with one attached hydrogen (secondary N) is 1. The molecule has 1 unspecified atom stereocenters. The largest absolute Gasteiger partial charge is 0.474 e. The topological polar surface area (TPSA) is 97.5 Å². The van der Waals surface area contributed by atoms with Gasteiger partial charge in [0.05, 0.1) is 0 Å². The lowest BCUT2D eigenvalue weighted by Gasteiger charge is -2.40. The minimum absolute atomic E-state index is 0.247. The molecular formula is C20H24N4O3. The van der Waals surface area contributed by atoms with Crippen LogP contribution >= 0.6 is 0 Å². The average molecular weight is 368 g/mol. The number of ether oxygens (including phenoxy) is 1. The van der Waals surface area contributed by atoms with Gasteiger partial charge in [0.25, 0.3) is 5.91 Å². The highest BCUT2D eigenvalue weighted by Gasteiger charge is 2.45. The van der Waals surface area contributed by atoms with Gasteiger partial charge in [0, 0.05) is 5.69 Å². The highest BCUT2D eigenvalue weighted by molar-refractivity contribution is 6.08. The summed E-state index contributed by atoms with van der Waals surface area (Å²) < 4.78 is 5.76. The van der Waals surface area contributed by atoms with E-state index in [1.54, 1.807) is 32.9 Å². The summed E-state index contributed by atoms with van der Waals surface area (Å²) in [5.41, 5.74) is 7.37. The number of aromatic nitrogens is 1. The number of benzene rings is 1. The molecule has 7 heteroatoms. The maximum absolute atomic E-state index is 13.0. The lowest BCUT2D eigenvalue weighted by Crippen LogP contribution is -2.58. The summed E-state index contributed by atoms with van der Waals surface area (Å²) in [5.74, 6) is 0.252. The molecular weight excluding hydrogens is 344 g/mol. The van der Waals surface area contributed by atoms with Crippen molar-refractivity contribution in [1.29, 1.82) is 0 Å². The molecule has 3 rings (SSSR count). The van der Waals surface area contributed by atoms with Crippen LogP contribution in [-0.4, -0.2) is 28.4 Å². The van der Waals surface area contributed by atoms with Crippen molar-refractivity contribution in [3.05, 3.63) is 41.5 Å². The quantitative estimate of drug-likeness (QED) is 0.868. The Hall–Kier alpha value is -3.09. The molecule has 0 bridgehead atoms. The van der Waals surface area contributed by atoms with Crippen LogP contribution in [0.2, 0.25) is 0 Å². The number of pyridine rings is 1. The molecule has 1 atom stereocenters. The number of nitrogens with zero attached hydrogens (tertiary/aromatic N) is 2. The van der Waals surface area contributed by atoms with Gasteiger partial charge in [0.15, 0.2) is 17.2 Å². The van der Waals surface area contributed by atoms with Crippen molar-refractivity contribution in [3.63, 3.8) is 0 Å². The molecule has 0 fully saturated rings. The van der Waals surface area contributed by atoms with Gasteiger partial charge in [-0.2, -0.15) is 0 Å². The molecule has 2 amide bonds. The van der Waals surface area contributed by atoms with Crippen LogP contribution in [0.4, 0.5) is 17.3 Å². The van der Waals surface area contributed by atoms with Gasteiger partial charge in [-0.1, -0.05) is 12.1 Å². The van der Waals surface area contributed by atoms with Crippen molar-refractivity contribution in [2.75, 3.05) is 16.0 Å². The minimum atomic E-state index is -1.11. The Bertz CT molecular complexity index is 923. The molecule has 1 aliphatic heterocycles. The number of fused-ring (bicyclic) bond motifs is 1. The van der Waals surface area contributed by atoms with E-state index in [2.05, 4.69) is 10.3 Å². The van der Waals surface area contributed by atoms with Gasteiger partial charge in [-0.3, -0.25) is 14.5 Å². The van der Waals surface area contributed by atoms with Crippen LogP contribution in [-0.2, 0) is 9.59 Å². The van der Waals surface area contributed by atoms with Crippen molar-refractivity contribution in [1.82, 2.24) is 4.98 Å². The van der Waals surface area contributed by atoms with Crippen LogP contribution in [0.3, 0.4) is 0 Å². The van der Waals surface area contributed by atoms with Crippen LogP contribution in [0.15, 0.2) is 30.3 Å². The first-order valence-corrected chi connectivity index (χ1v) is 8.77. The summed E-state index contributed by atoms with van der Waals surface area (Å²) >= 11 is 0. The summed E-state index contributed by atoms with van der Waals surface area (Å²) in [6.45, 7) is 8.86. The summed E-state index contributed by atoms with van der Waals surface area (Å²) in [6.07, 6.45) is 0. The molecule has 27 heavy (non-hydrogen) atoms. The van der Waals surface area contributed by atoms with E-state index in [9.17, 15) is 9.59 Å². The fourth-order valence-electron chi connectivity index (χ4n) is 2.99. The third-order valence-electron chi connectivity index (χ3n) is 4.61. The first-order chi connectivity index (χ1) is 12.6. The van der Waals surface area contributed by atoms with Crippen LogP contribution < -0.4 is 20.7 Å². The summed E-state index contributed by atoms with van der Waals surface area (Å²) in [6, 6.07) is 8.28. The van der Waals surface area contributed by atoms with E-state index in [0.717, 1.165) is 11.1 Å². The van der Waals surface area contributed by atoms with Crippen molar-refractivity contribution in [2.24, 2.45) is 0 Å². The summed E-state index contributed by atoms with van der Waals surface area (Å²) in [4.78, 5) is 31.5. The standard InChI is InChI=1S/C20H24N4O3/c1-11-6-7-12(2)14(10-11)22-18(25)13(3)24-17-15(8-9-16(21)23-17)27-20(4,5)19(24)26/h6-10,13H,1-5H3,(H2,21,23)(H,22,25). The molecule has 7 nitrogen and oxygen atoms in total.